The van der Waals surface area contributed by atoms with Gasteiger partial charge >= 0.3 is 0 Å². The highest BCUT2D eigenvalue weighted by Gasteiger charge is 1.79. The number of hydrogen-bond donors (Lipinski definition) is 1. The summed E-state index contributed by atoms with van der Waals surface area (Å²) < 4.78 is 0. The topological polar surface area (TPSA) is 26.0 Å². The fourth-order valence-electron chi connectivity index (χ4n) is 0.875. The zero-order chi connectivity index (χ0) is 8.81. The van der Waals surface area contributed by atoms with Crippen LogP contribution in [0.15, 0.2) is 48.2 Å². The smallest absolute Gasteiger partial charge is 0.00488 e. The molecule has 0 unspecified atom stereocenters. The van der Waals surface area contributed by atoms with Crippen molar-refractivity contribution in [1.82, 2.24) is 0 Å². The molecular formula is C11H13N. The first-order valence-corrected chi connectivity index (χ1v) is 3.94. The summed E-state index contributed by atoms with van der Waals surface area (Å²) in [5.41, 5.74) is 7.48. The summed E-state index contributed by atoms with van der Waals surface area (Å²) in [5, 5.41) is 0. The number of benzene rings is 1. The van der Waals surface area contributed by atoms with Gasteiger partial charge in [-0.2, -0.15) is 0 Å². The lowest BCUT2D eigenvalue weighted by atomic mass is 10.2. The average molecular weight is 159 g/mol. The van der Waals surface area contributed by atoms with E-state index in [9.17, 15) is 0 Å². The van der Waals surface area contributed by atoms with Crippen molar-refractivity contribution in [3.05, 3.63) is 53.7 Å². The summed E-state index contributed by atoms with van der Waals surface area (Å²) in [6, 6.07) is 10.1. The van der Waals surface area contributed by atoms with E-state index in [1.54, 1.807) is 0 Å². The van der Waals surface area contributed by atoms with Crippen molar-refractivity contribution in [2.75, 3.05) is 0 Å². The van der Waals surface area contributed by atoms with Gasteiger partial charge in [0.15, 0.2) is 0 Å². The Hall–Kier alpha value is -1.50. The molecule has 0 aromatic heterocycles. The standard InChI is InChI=1S/C11H13N/c1-10(12)6-5-9-11-7-3-2-4-8-11/h2-9H,12H2,1H3/b9-5+,10-6-. The van der Waals surface area contributed by atoms with E-state index in [2.05, 4.69) is 12.1 Å². The molecule has 0 spiro atoms. The number of rotatable bonds is 2. The van der Waals surface area contributed by atoms with E-state index in [1.807, 2.05) is 43.4 Å². The predicted octanol–water partition coefficient (Wildman–Crippen LogP) is 2.56. The Kier molecular flexibility index (Phi) is 3.15. The molecule has 62 valence electrons. The molecule has 0 aliphatic rings. The van der Waals surface area contributed by atoms with Crippen LogP contribution in [0.3, 0.4) is 0 Å². The lowest BCUT2D eigenvalue weighted by molar-refractivity contribution is 1.32. The van der Waals surface area contributed by atoms with Gasteiger partial charge in [0.25, 0.3) is 0 Å². The third-order valence-corrected chi connectivity index (χ3v) is 1.45. The minimum absolute atomic E-state index is 0.821. The van der Waals surface area contributed by atoms with Crippen LogP contribution in [0.1, 0.15) is 12.5 Å². The van der Waals surface area contributed by atoms with Gasteiger partial charge in [0, 0.05) is 5.70 Å². The molecule has 0 saturated heterocycles. The quantitative estimate of drug-likeness (QED) is 0.659. The molecule has 0 heterocycles. The van der Waals surface area contributed by atoms with Crippen LogP contribution in [0.4, 0.5) is 0 Å². The highest BCUT2D eigenvalue weighted by Crippen LogP contribution is 2.00. The summed E-state index contributed by atoms with van der Waals surface area (Å²) in [4.78, 5) is 0. The van der Waals surface area contributed by atoms with Crippen molar-refractivity contribution in [3.63, 3.8) is 0 Å². The van der Waals surface area contributed by atoms with Crippen molar-refractivity contribution in [2.24, 2.45) is 5.73 Å². The fraction of sp³-hybridized carbons (Fsp3) is 0.0909. The molecule has 0 amide bonds. The second-order valence-electron chi connectivity index (χ2n) is 2.68. The zero-order valence-electron chi connectivity index (χ0n) is 7.20. The van der Waals surface area contributed by atoms with Gasteiger partial charge in [0.1, 0.15) is 0 Å². The van der Waals surface area contributed by atoms with Crippen LogP contribution in [-0.4, -0.2) is 0 Å². The Morgan fingerprint density at radius 1 is 1.25 bits per heavy atom. The van der Waals surface area contributed by atoms with Gasteiger partial charge in [-0.05, 0) is 18.6 Å². The highest BCUT2D eigenvalue weighted by atomic mass is 14.5. The monoisotopic (exact) mass is 159 g/mol. The molecule has 0 saturated carbocycles. The molecule has 1 rings (SSSR count). The van der Waals surface area contributed by atoms with Crippen molar-refractivity contribution >= 4 is 6.08 Å². The van der Waals surface area contributed by atoms with Crippen molar-refractivity contribution < 1.29 is 0 Å². The van der Waals surface area contributed by atoms with E-state index in [0.717, 1.165) is 5.70 Å². The number of hydrogen-bond acceptors (Lipinski definition) is 1. The zero-order valence-corrected chi connectivity index (χ0v) is 7.20. The molecule has 0 aliphatic carbocycles. The van der Waals surface area contributed by atoms with Crippen LogP contribution in [-0.2, 0) is 0 Å². The van der Waals surface area contributed by atoms with Crippen molar-refractivity contribution in [2.45, 2.75) is 6.92 Å². The predicted molar refractivity (Wildman–Crippen MR) is 53.4 cm³/mol. The molecule has 2 N–H and O–H groups in total. The van der Waals surface area contributed by atoms with Crippen LogP contribution in [0.5, 0.6) is 0 Å². The van der Waals surface area contributed by atoms with Gasteiger partial charge in [-0.1, -0.05) is 42.5 Å². The van der Waals surface area contributed by atoms with E-state index < -0.39 is 0 Å². The van der Waals surface area contributed by atoms with E-state index in [0.29, 0.717) is 0 Å². The van der Waals surface area contributed by atoms with Gasteiger partial charge in [-0.3, -0.25) is 0 Å². The fourth-order valence-corrected chi connectivity index (χ4v) is 0.875. The Balaban J connectivity index is 2.64. The Labute approximate surface area is 73.2 Å². The van der Waals surface area contributed by atoms with Gasteiger partial charge in [-0.25, -0.2) is 0 Å². The second-order valence-corrected chi connectivity index (χ2v) is 2.68. The number of allylic oxidation sites excluding steroid dienone is 3. The normalized spacial score (nSPS) is 12.2. The Morgan fingerprint density at radius 3 is 2.50 bits per heavy atom. The highest BCUT2D eigenvalue weighted by molar-refractivity contribution is 5.50. The lowest BCUT2D eigenvalue weighted by Gasteiger charge is -1.89. The van der Waals surface area contributed by atoms with E-state index in [4.69, 9.17) is 5.73 Å². The Morgan fingerprint density at radius 2 is 1.92 bits per heavy atom. The number of nitrogens with two attached hydrogens (primary N) is 1. The minimum Gasteiger partial charge on any atom is -0.402 e. The van der Waals surface area contributed by atoms with E-state index in [1.165, 1.54) is 5.56 Å². The first kappa shape index (κ1) is 8.60. The largest absolute Gasteiger partial charge is 0.402 e. The molecule has 1 nitrogen and oxygen atoms in total. The van der Waals surface area contributed by atoms with Crippen LogP contribution in [0.25, 0.3) is 6.08 Å². The van der Waals surface area contributed by atoms with Crippen LogP contribution < -0.4 is 5.73 Å². The molecule has 0 aliphatic heterocycles. The van der Waals surface area contributed by atoms with Gasteiger partial charge in [0.2, 0.25) is 0 Å². The van der Waals surface area contributed by atoms with E-state index >= 15 is 0 Å². The second kappa shape index (κ2) is 4.39. The summed E-state index contributed by atoms with van der Waals surface area (Å²) in [6.45, 7) is 1.87. The Bertz CT molecular complexity index is 279. The van der Waals surface area contributed by atoms with Gasteiger partial charge in [-0.15, -0.1) is 0 Å². The minimum atomic E-state index is 0.821. The molecule has 1 heteroatoms. The van der Waals surface area contributed by atoms with Gasteiger partial charge < -0.3 is 5.73 Å². The molecule has 12 heavy (non-hydrogen) atoms. The van der Waals surface area contributed by atoms with Gasteiger partial charge in [0.05, 0.1) is 0 Å². The third-order valence-electron chi connectivity index (χ3n) is 1.45. The molecule has 0 fully saturated rings. The maximum absolute atomic E-state index is 5.47. The van der Waals surface area contributed by atoms with Crippen molar-refractivity contribution in [3.8, 4) is 0 Å². The first-order chi connectivity index (χ1) is 5.79. The first-order valence-electron chi connectivity index (χ1n) is 3.94. The third kappa shape index (κ3) is 3.06. The van der Waals surface area contributed by atoms with Crippen LogP contribution >= 0.6 is 0 Å². The molecule has 1 aromatic rings. The lowest BCUT2D eigenvalue weighted by Crippen LogP contribution is -1.87. The average Bonchev–Trinajstić information content (AvgIpc) is 2.05. The molecular weight excluding hydrogens is 146 g/mol. The molecule has 0 atom stereocenters. The van der Waals surface area contributed by atoms with Crippen molar-refractivity contribution in [1.29, 1.82) is 0 Å². The van der Waals surface area contributed by atoms with Crippen LogP contribution in [0, 0.1) is 0 Å². The van der Waals surface area contributed by atoms with Crippen LogP contribution in [0.2, 0.25) is 0 Å². The summed E-state index contributed by atoms with van der Waals surface area (Å²) in [7, 11) is 0. The molecule has 0 radical (unpaired) electrons. The summed E-state index contributed by atoms with van der Waals surface area (Å²) in [5.74, 6) is 0. The molecule has 1 aromatic carbocycles. The summed E-state index contributed by atoms with van der Waals surface area (Å²) >= 11 is 0. The SMILES string of the molecule is C/C(N)=C/C=C/c1ccccc1. The van der Waals surface area contributed by atoms with E-state index in [-0.39, 0.29) is 0 Å². The maximum Gasteiger partial charge on any atom is 0.00488 e. The molecule has 0 bridgehead atoms. The maximum atomic E-state index is 5.47. The summed E-state index contributed by atoms with van der Waals surface area (Å²) in [6.07, 6.45) is 5.86.